The molecule has 0 fully saturated rings. The minimum absolute atomic E-state index is 0.181. The van der Waals surface area contributed by atoms with E-state index in [4.69, 9.17) is 19.4 Å². The highest BCUT2D eigenvalue weighted by molar-refractivity contribution is 5.93. The second kappa shape index (κ2) is 10.3. The minimum Gasteiger partial charge on any atom is -0.496 e. The average molecular weight is 468 g/mol. The normalized spacial score (nSPS) is 11.2. The smallest absolute Gasteiger partial charge is 0.490 e. The lowest BCUT2D eigenvalue weighted by atomic mass is 10.0. The number of aliphatic carboxylic acids is 1. The first-order valence-electron chi connectivity index (χ1n) is 9.41. The van der Waals surface area contributed by atoms with Gasteiger partial charge >= 0.3 is 12.1 Å². The molecule has 12 heteroatoms. The Labute approximate surface area is 187 Å². The van der Waals surface area contributed by atoms with Crippen LogP contribution in [-0.2, 0) is 18.4 Å². The zero-order valence-corrected chi connectivity index (χ0v) is 18.6. The van der Waals surface area contributed by atoms with Gasteiger partial charge in [-0.2, -0.15) is 18.3 Å². The number of rotatable bonds is 5. The van der Waals surface area contributed by atoms with Gasteiger partial charge in [0, 0.05) is 36.9 Å². The number of aromatic nitrogens is 3. The lowest BCUT2D eigenvalue weighted by Crippen LogP contribution is -2.21. The molecule has 1 aromatic carbocycles. The molecule has 0 aliphatic heterocycles. The van der Waals surface area contributed by atoms with Crippen molar-refractivity contribution in [3.63, 3.8) is 0 Å². The van der Waals surface area contributed by atoms with Gasteiger partial charge in [0.05, 0.1) is 30.9 Å². The fraction of sp³-hybridized carbons (Fsp3) is 0.333. The van der Waals surface area contributed by atoms with Gasteiger partial charge in [-0.05, 0) is 32.3 Å². The van der Waals surface area contributed by atoms with Crippen LogP contribution in [-0.4, -0.2) is 65.2 Å². The van der Waals surface area contributed by atoms with E-state index in [-0.39, 0.29) is 5.56 Å². The highest BCUT2D eigenvalue weighted by Crippen LogP contribution is 2.36. The third-order valence-corrected chi connectivity index (χ3v) is 4.45. The van der Waals surface area contributed by atoms with Gasteiger partial charge < -0.3 is 19.5 Å². The van der Waals surface area contributed by atoms with Crippen molar-refractivity contribution in [3.05, 3.63) is 46.5 Å². The number of carboxylic acid groups (broad SMARTS) is 1. The van der Waals surface area contributed by atoms with Crippen molar-refractivity contribution in [2.24, 2.45) is 7.05 Å². The highest BCUT2D eigenvalue weighted by atomic mass is 19.4. The summed E-state index contributed by atoms with van der Waals surface area (Å²) in [5, 5.41) is 12.9. The second-order valence-electron chi connectivity index (χ2n) is 7.10. The van der Waals surface area contributed by atoms with Crippen LogP contribution in [0.2, 0.25) is 0 Å². The number of halogens is 3. The van der Waals surface area contributed by atoms with Crippen LogP contribution < -0.4 is 15.0 Å². The molecule has 0 spiro atoms. The van der Waals surface area contributed by atoms with E-state index in [1.54, 1.807) is 39.7 Å². The molecule has 0 aliphatic rings. The van der Waals surface area contributed by atoms with Gasteiger partial charge in [-0.3, -0.25) is 9.78 Å². The van der Waals surface area contributed by atoms with Gasteiger partial charge in [-0.25, -0.2) is 9.48 Å². The molecule has 0 bridgehead atoms. The Morgan fingerprint density at radius 1 is 1.15 bits per heavy atom. The number of methoxy groups -OCH3 is 2. The molecule has 0 saturated heterocycles. The largest absolute Gasteiger partial charge is 0.496 e. The van der Waals surface area contributed by atoms with Crippen LogP contribution in [0.1, 0.15) is 5.56 Å². The summed E-state index contributed by atoms with van der Waals surface area (Å²) in [6.07, 6.45) is -1.86. The molecule has 2 heterocycles. The number of hydrogen-bond acceptors (Lipinski definition) is 7. The molecule has 0 atom stereocenters. The van der Waals surface area contributed by atoms with Crippen molar-refractivity contribution < 1.29 is 32.5 Å². The summed E-state index contributed by atoms with van der Waals surface area (Å²) >= 11 is 0. The number of pyridine rings is 1. The predicted octanol–water partition coefficient (Wildman–Crippen LogP) is 2.71. The van der Waals surface area contributed by atoms with E-state index in [1.165, 1.54) is 4.68 Å². The Morgan fingerprint density at radius 3 is 2.15 bits per heavy atom. The number of alkyl halides is 3. The van der Waals surface area contributed by atoms with E-state index >= 15 is 0 Å². The van der Waals surface area contributed by atoms with Gasteiger partial charge in [-0.1, -0.05) is 0 Å². The molecule has 178 valence electrons. The third kappa shape index (κ3) is 5.98. The number of ether oxygens (including phenoxy) is 2. The van der Waals surface area contributed by atoms with Crippen LogP contribution in [0.15, 0.2) is 35.4 Å². The molecule has 1 N–H and O–H groups in total. The number of benzene rings is 1. The summed E-state index contributed by atoms with van der Waals surface area (Å²) in [6.45, 7) is 0.679. The molecule has 2 aromatic heterocycles. The van der Waals surface area contributed by atoms with Crippen molar-refractivity contribution in [1.29, 1.82) is 0 Å². The Kier molecular flexibility index (Phi) is 7.99. The zero-order chi connectivity index (χ0) is 24.9. The second-order valence-corrected chi connectivity index (χ2v) is 7.10. The maximum atomic E-state index is 12.3. The summed E-state index contributed by atoms with van der Waals surface area (Å²) in [5.41, 5.74) is 2.27. The van der Waals surface area contributed by atoms with E-state index in [1.807, 2.05) is 31.1 Å². The Bertz CT molecular complexity index is 1180. The SMILES string of the molecule is COc1cc(-c2nn(C)c(=O)c3cnccc23)cc(OC)c1CN(C)C.O=C(O)C(F)(F)F. The molecule has 0 aliphatic carbocycles. The summed E-state index contributed by atoms with van der Waals surface area (Å²) < 4.78 is 44.3. The molecular weight excluding hydrogens is 445 g/mol. The first-order chi connectivity index (χ1) is 15.4. The van der Waals surface area contributed by atoms with Crippen molar-refractivity contribution >= 4 is 16.7 Å². The lowest BCUT2D eigenvalue weighted by molar-refractivity contribution is -0.192. The van der Waals surface area contributed by atoms with E-state index in [0.717, 1.165) is 16.5 Å². The highest BCUT2D eigenvalue weighted by Gasteiger charge is 2.38. The van der Waals surface area contributed by atoms with Crippen molar-refractivity contribution in [2.75, 3.05) is 28.3 Å². The Hall–Kier alpha value is -3.67. The van der Waals surface area contributed by atoms with E-state index in [0.29, 0.717) is 29.1 Å². The first-order valence-corrected chi connectivity index (χ1v) is 9.41. The van der Waals surface area contributed by atoms with Crippen molar-refractivity contribution in [3.8, 4) is 22.8 Å². The van der Waals surface area contributed by atoms with Crippen LogP contribution in [0.5, 0.6) is 11.5 Å². The average Bonchev–Trinajstić information content (AvgIpc) is 2.75. The molecule has 0 radical (unpaired) electrons. The lowest BCUT2D eigenvalue weighted by Gasteiger charge is -2.18. The topological polar surface area (TPSA) is 107 Å². The summed E-state index contributed by atoms with van der Waals surface area (Å²) in [4.78, 5) is 27.3. The monoisotopic (exact) mass is 468 g/mol. The zero-order valence-electron chi connectivity index (χ0n) is 18.6. The van der Waals surface area contributed by atoms with Gasteiger partial charge in [0.25, 0.3) is 5.56 Å². The van der Waals surface area contributed by atoms with Crippen LogP contribution in [0, 0.1) is 0 Å². The van der Waals surface area contributed by atoms with Gasteiger partial charge in [0.1, 0.15) is 11.5 Å². The first kappa shape index (κ1) is 25.6. The van der Waals surface area contributed by atoms with Crippen molar-refractivity contribution in [2.45, 2.75) is 12.7 Å². The number of hydrogen-bond donors (Lipinski definition) is 1. The van der Waals surface area contributed by atoms with Gasteiger partial charge in [0.15, 0.2) is 0 Å². The van der Waals surface area contributed by atoms with E-state index < -0.39 is 12.1 Å². The quantitative estimate of drug-likeness (QED) is 0.609. The molecule has 0 saturated carbocycles. The maximum absolute atomic E-state index is 12.3. The number of nitrogens with zero attached hydrogens (tertiary/aromatic N) is 4. The Balaban J connectivity index is 0.000000479. The summed E-state index contributed by atoms with van der Waals surface area (Å²) in [5.74, 6) is -1.33. The number of aryl methyl sites for hydroxylation is 1. The molecule has 33 heavy (non-hydrogen) atoms. The van der Waals surface area contributed by atoms with Crippen LogP contribution in [0.4, 0.5) is 13.2 Å². The van der Waals surface area contributed by atoms with E-state index in [9.17, 15) is 18.0 Å². The fourth-order valence-corrected chi connectivity index (χ4v) is 3.00. The number of fused-ring (bicyclic) bond motifs is 1. The predicted molar refractivity (Wildman–Crippen MR) is 114 cm³/mol. The maximum Gasteiger partial charge on any atom is 0.490 e. The third-order valence-electron chi connectivity index (χ3n) is 4.45. The Morgan fingerprint density at radius 2 is 1.70 bits per heavy atom. The van der Waals surface area contributed by atoms with Gasteiger partial charge in [-0.15, -0.1) is 0 Å². The minimum atomic E-state index is -5.08. The number of carbonyl (C=O) groups is 1. The fourth-order valence-electron chi connectivity index (χ4n) is 3.00. The molecule has 9 nitrogen and oxygen atoms in total. The summed E-state index contributed by atoms with van der Waals surface area (Å²) in [6, 6.07) is 5.65. The van der Waals surface area contributed by atoms with Crippen LogP contribution >= 0.6 is 0 Å². The standard InChI is InChI=1S/C19H22N4O3.C2HF3O2/c1-22(2)11-15-16(25-4)8-12(9-17(15)26-5)18-13-6-7-20-10-14(13)19(24)23(3)21-18;3-2(4,5)1(6)7/h6-10H,11H2,1-5H3;(H,6,7). The van der Waals surface area contributed by atoms with Crippen LogP contribution in [0.3, 0.4) is 0 Å². The molecule has 0 amide bonds. The summed E-state index contributed by atoms with van der Waals surface area (Å²) in [7, 11) is 8.87. The van der Waals surface area contributed by atoms with E-state index in [2.05, 4.69) is 10.1 Å². The molecule has 3 aromatic rings. The van der Waals surface area contributed by atoms with Crippen molar-refractivity contribution in [1.82, 2.24) is 19.7 Å². The van der Waals surface area contributed by atoms with Crippen LogP contribution in [0.25, 0.3) is 22.0 Å². The van der Waals surface area contributed by atoms with Gasteiger partial charge in [0.2, 0.25) is 0 Å². The number of carboxylic acids is 1. The molecular formula is C21H23F3N4O5. The molecule has 3 rings (SSSR count). The molecule has 0 unspecified atom stereocenters.